The molecule has 0 spiro atoms. The topological polar surface area (TPSA) is 43.1 Å². The van der Waals surface area contributed by atoms with E-state index in [1.54, 1.807) is 11.5 Å². The lowest BCUT2D eigenvalue weighted by atomic mass is 10.1. The first-order valence-electron chi connectivity index (χ1n) is 7.08. The van der Waals surface area contributed by atoms with Crippen molar-refractivity contribution < 1.29 is 9.21 Å². The molecule has 1 aromatic heterocycles. The molecule has 0 bridgehead atoms. The smallest absolute Gasteiger partial charge is 0.261 e. The van der Waals surface area contributed by atoms with Crippen LogP contribution in [0.5, 0.6) is 0 Å². The van der Waals surface area contributed by atoms with Gasteiger partial charge in [-0.25, -0.2) is 4.98 Å². The zero-order valence-corrected chi connectivity index (χ0v) is 13.0. The second-order valence-corrected chi connectivity index (χ2v) is 5.64. The van der Waals surface area contributed by atoms with Crippen LogP contribution in [-0.2, 0) is 6.42 Å². The van der Waals surface area contributed by atoms with E-state index in [9.17, 15) is 4.79 Å². The molecule has 2 aromatic carbocycles. The number of para-hydroxylation sites is 2. The average Bonchev–Trinajstić information content (AvgIpc) is 2.97. The number of fused-ring (bicyclic) bond motifs is 1. The van der Waals surface area contributed by atoms with E-state index < -0.39 is 0 Å². The number of rotatable bonds is 5. The Morgan fingerprint density at radius 1 is 1.18 bits per heavy atom. The standard InChI is InChI=1S/C18H15NO2S/c1-2-13-7-9-14(10-8-13)16(20)11-12-22-18-19-15-5-3-4-6-17(15)21-18/h3-12H,2H2,1H3. The highest BCUT2D eigenvalue weighted by Crippen LogP contribution is 2.23. The Morgan fingerprint density at radius 3 is 2.68 bits per heavy atom. The number of carbonyl (C=O) groups excluding carboxylic acids is 1. The summed E-state index contributed by atoms with van der Waals surface area (Å²) < 4.78 is 5.58. The monoisotopic (exact) mass is 309 g/mol. The van der Waals surface area contributed by atoms with Crippen LogP contribution in [-0.4, -0.2) is 10.8 Å². The van der Waals surface area contributed by atoms with Crippen LogP contribution < -0.4 is 0 Å². The van der Waals surface area contributed by atoms with Gasteiger partial charge < -0.3 is 4.42 Å². The summed E-state index contributed by atoms with van der Waals surface area (Å²) in [5, 5.41) is 2.24. The van der Waals surface area contributed by atoms with Gasteiger partial charge in [0.25, 0.3) is 5.22 Å². The number of aryl methyl sites for hydroxylation is 1. The zero-order valence-electron chi connectivity index (χ0n) is 12.2. The third-order valence-electron chi connectivity index (χ3n) is 3.31. The van der Waals surface area contributed by atoms with Gasteiger partial charge in [-0.2, -0.15) is 0 Å². The van der Waals surface area contributed by atoms with Crippen LogP contribution in [0, 0.1) is 0 Å². The number of allylic oxidation sites excluding steroid dienone is 1. The summed E-state index contributed by atoms with van der Waals surface area (Å²) in [6, 6.07) is 15.3. The minimum absolute atomic E-state index is 0.0220. The molecule has 0 radical (unpaired) electrons. The molecule has 3 nitrogen and oxygen atoms in total. The number of carbonyl (C=O) groups is 1. The molecule has 0 fully saturated rings. The van der Waals surface area contributed by atoms with E-state index in [1.807, 2.05) is 48.5 Å². The summed E-state index contributed by atoms with van der Waals surface area (Å²) in [5.41, 5.74) is 3.48. The van der Waals surface area contributed by atoms with Crippen molar-refractivity contribution >= 4 is 28.6 Å². The summed E-state index contributed by atoms with van der Waals surface area (Å²) >= 11 is 1.30. The highest BCUT2D eigenvalue weighted by molar-refractivity contribution is 8.01. The van der Waals surface area contributed by atoms with Crippen molar-refractivity contribution in [2.45, 2.75) is 18.6 Å². The van der Waals surface area contributed by atoms with Gasteiger partial charge in [0.15, 0.2) is 11.4 Å². The molecule has 0 aliphatic heterocycles. The normalized spacial score (nSPS) is 11.3. The van der Waals surface area contributed by atoms with Gasteiger partial charge in [-0.1, -0.05) is 43.3 Å². The summed E-state index contributed by atoms with van der Waals surface area (Å²) in [7, 11) is 0. The van der Waals surface area contributed by atoms with Crippen molar-refractivity contribution in [2.75, 3.05) is 0 Å². The van der Waals surface area contributed by atoms with Gasteiger partial charge in [-0.15, -0.1) is 0 Å². The minimum Gasteiger partial charge on any atom is -0.431 e. The Hall–Kier alpha value is -2.33. The van der Waals surface area contributed by atoms with Crippen molar-refractivity contribution in [3.05, 3.63) is 71.1 Å². The fraction of sp³-hybridized carbons (Fsp3) is 0.111. The third kappa shape index (κ3) is 3.28. The highest BCUT2D eigenvalue weighted by atomic mass is 32.2. The largest absolute Gasteiger partial charge is 0.431 e. The zero-order chi connectivity index (χ0) is 15.4. The quantitative estimate of drug-likeness (QED) is 0.383. The number of nitrogens with zero attached hydrogens (tertiary/aromatic N) is 1. The third-order valence-corrected chi connectivity index (χ3v) is 3.96. The van der Waals surface area contributed by atoms with E-state index >= 15 is 0 Å². The highest BCUT2D eigenvalue weighted by Gasteiger charge is 2.05. The first-order valence-corrected chi connectivity index (χ1v) is 7.96. The molecule has 0 atom stereocenters. The molecule has 3 aromatic rings. The van der Waals surface area contributed by atoms with Crippen LogP contribution >= 0.6 is 11.8 Å². The molecular formula is C18H15NO2S. The van der Waals surface area contributed by atoms with Crippen LogP contribution in [0.25, 0.3) is 11.1 Å². The number of benzene rings is 2. The van der Waals surface area contributed by atoms with Gasteiger partial charge in [0.1, 0.15) is 5.52 Å². The first kappa shape index (κ1) is 14.6. The molecule has 0 unspecified atom stereocenters. The van der Waals surface area contributed by atoms with Crippen LogP contribution in [0.3, 0.4) is 0 Å². The second-order valence-electron chi connectivity index (χ2n) is 4.78. The fourth-order valence-electron chi connectivity index (χ4n) is 2.06. The number of hydrogen-bond donors (Lipinski definition) is 0. The predicted octanol–water partition coefficient (Wildman–Crippen LogP) is 4.88. The van der Waals surface area contributed by atoms with Crippen molar-refractivity contribution in [1.82, 2.24) is 4.98 Å². The minimum atomic E-state index is -0.0220. The van der Waals surface area contributed by atoms with E-state index in [-0.39, 0.29) is 5.78 Å². The van der Waals surface area contributed by atoms with Gasteiger partial charge in [0.2, 0.25) is 0 Å². The average molecular weight is 309 g/mol. The van der Waals surface area contributed by atoms with E-state index in [2.05, 4.69) is 11.9 Å². The molecule has 1 heterocycles. The molecule has 0 aliphatic rings. The van der Waals surface area contributed by atoms with Crippen molar-refractivity contribution in [3.8, 4) is 0 Å². The van der Waals surface area contributed by atoms with Crippen LogP contribution in [0.2, 0.25) is 0 Å². The van der Waals surface area contributed by atoms with E-state index in [4.69, 9.17) is 4.42 Å². The lowest BCUT2D eigenvalue weighted by Gasteiger charge is -1.98. The molecular weight excluding hydrogens is 294 g/mol. The van der Waals surface area contributed by atoms with Crippen LogP contribution in [0.4, 0.5) is 0 Å². The number of hydrogen-bond acceptors (Lipinski definition) is 4. The van der Waals surface area contributed by atoms with Crippen LogP contribution in [0.15, 0.2) is 69.7 Å². The molecule has 0 amide bonds. The van der Waals surface area contributed by atoms with Gasteiger partial charge in [-0.05, 0) is 47.4 Å². The van der Waals surface area contributed by atoms with E-state index in [0.29, 0.717) is 10.8 Å². The Morgan fingerprint density at radius 2 is 1.95 bits per heavy atom. The predicted molar refractivity (Wildman–Crippen MR) is 89.2 cm³/mol. The number of aromatic nitrogens is 1. The summed E-state index contributed by atoms with van der Waals surface area (Å²) in [6.07, 6.45) is 2.51. The summed E-state index contributed by atoms with van der Waals surface area (Å²) in [5.74, 6) is -0.0220. The number of oxazole rings is 1. The second kappa shape index (κ2) is 6.62. The number of ketones is 1. The molecule has 22 heavy (non-hydrogen) atoms. The fourth-order valence-corrected chi connectivity index (χ4v) is 2.65. The molecule has 4 heteroatoms. The molecule has 0 aliphatic carbocycles. The Labute approximate surface area is 133 Å². The molecule has 0 saturated carbocycles. The SMILES string of the molecule is CCc1ccc(C(=O)C=CSc2nc3ccccc3o2)cc1. The Kier molecular flexibility index (Phi) is 4.39. The van der Waals surface area contributed by atoms with Gasteiger partial charge >= 0.3 is 0 Å². The van der Waals surface area contributed by atoms with Crippen LogP contribution in [0.1, 0.15) is 22.8 Å². The molecule has 0 N–H and O–H groups in total. The maximum atomic E-state index is 12.1. The maximum absolute atomic E-state index is 12.1. The van der Waals surface area contributed by atoms with Crippen molar-refractivity contribution in [1.29, 1.82) is 0 Å². The number of thioether (sulfide) groups is 1. The van der Waals surface area contributed by atoms with Gasteiger partial charge in [-0.3, -0.25) is 4.79 Å². The maximum Gasteiger partial charge on any atom is 0.261 e. The van der Waals surface area contributed by atoms with Crippen molar-refractivity contribution in [2.24, 2.45) is 0 Å². The lowest BCUT2D eigenvalue weighted by Crippen LogP contribution is -1.93. The van der Waals surface area contributed by atoms with E-state index in [1.165, 1.54) is 17.3 Å². The molecule has 110 valence electrons. The Balaban J connectivity index is 1.66. The van der Waals surface area contributed by atoms with Gasteiger partial charge in [0, 0.05) is 5.56 Å². The summed E-state index contributed by atoms with van der Waals surface area (Å²) in [4.78, 5) is 16.4. The summed E-state index contributed by atoms with van der Waals surface area (Å²) in [6.45, 7) is 2.09. The van der Waals surface area contributed by atoms with Crippen molar-refractivity contribution in [3.63, 3.8) is 0 Å². The lowest BCUT2D eigenvalue weighted by molar-refractivity contribution is 0.104. The Bertz CT molecular complexity index is 785. The molecule has 3 rings (SSSR count). The van der Waals surface area contributed by atoms with Gasteiger partial charge in [0.05, 0.1) is 0 Å². The first-order chi connectivity index (χ1) is 10.8. The van der Waals surface area contributed by atoms with E-state index in [0.717, 1.165) is 17.5 Å². The molecule has 0 saturated heterocycles.